The van der Waals surface area contributed by atoms with Gasteiger partial charge in [-0.1, -0.05) is 28.1 Å². The second kappa shape index (κ2) is 5.28. The quantitative estimate of drug-likeness (QED) is 0.803. The monoisotopic (exact) mass is 334 g/mol. The number of nitrogens with zero attached hydrogens (tertiary/aromatic N) is 1. The van der Waals surface area contributed by atoms with Crippen LogP contribution in [-0.2, 0) is 6.54 Å². The summed E-state index contributed by atoms with van der Waals surface area (Å²) < 4.78 is 1.01. The van der Waals surface area contributed by atoms with Crippen molar-refractivity contribution in [3.05, 3.63) is 45.7 Å². The lowest BCUT2D eigenvalue weighted by Gasteiger charge is -2.04. The highest BCUT2D eigenvalue weighted by molar-refractivity contribution is 9.10. The SMILES string of the molecule is Nc1c(C(=O)NCc2ccc(Br)cc2)n[nH]c1C1CC1. The first-order valence-corrected chi connectivity index (χ1v) is 7.31. The average Bonchev–Trinajstić information content (AvgIpc) is 3.21. The highest BCUT2D eigenvalue weighted by Crippen LogP contribution is 2.42. The van der Waals surface area contributed by atoms with Crippen LogP contribution in [0.3, 0.4) is 0 Å². The Morgan fingerprint density at radius 2 is 2.10 bits per heavy atom. The number of hydrogen-bond donors (Lipinski definition) is 3. The summed E-state index contributed by atoms with van der Waals surface area (Å²) in [6.07, 6.45) is 2.23. The molecule has 0 spiro atoms. The number of nitrogens with one attached hydrogen (secondary N) is 2. The Labute approximate surface area is 125 Å². The van der Waals surface area contributed by atoms with Crippen LogP contribution in [-0.4, -0.2) is 16.1 Å². The van der Waals surface area contributed by atoms with Gasteiger partial charge in [-0.05, 0) is 30.5 Å². The molecule has 6 heteroatoms. The van der Waals surface area contributed by atoms with Gasteiger partial charge in [-0.25, -0.2) is 0 Å². The minimum absolute atomic E-state index is 0.242. The molecule has 1 aromatic heterocycles. The number of aromatic amines is 1. The molecule has 4 N–H and O–H groups in total. The first-order valence-electron chi connectivity index (χ1n) is 6.51. The summed E-state index contributed by atoms with van der Waals surface area (Å²) in [6, 6.07) is 7.78. The van der Waals surface area contributed by atoms with E-state index < -0.39 is 0 Å². The van der Waals surface area contributed by atoms with Gasteiger partial charge in [0.1, 0.15) is 0 Å². The lowest BCUT2D eigenvalue weighted by atomic mass is 10.2. The van der Waals surface area contributed by atoms with E-state index in [1.54, 1.807) is 0 Å². The minimum atomic E-state index is -0.242. The molecular formula is C14H15BrN4O. The molecule has 1 aromatic carbocycles. The number of nitrogens with two attached hydrogens (primary N) is 1. The highest BCUT2D eigenvalue weighted by Gasteiger charge is 2.30. The van der Waals surface area contributed by atoms with Crippen LogP contribution >= 0.6 is 15.9 Å². The fraction of sp³-hybridized carbons (Fsp3) is 0.286. The molecule has 104 valence electrons. The molecule has 1 fully saturated rings. The summed E-state index contributed by atoms with van der Waals surface area (Å²) in [6.45, 7) is 0.456. The third kappa shape index (κ3) is 2.70. The molecule has 1 aliphatic rings. The molecule has 2 aromatic rings. The van der Waals surface area contributed by atoms with Crippen molar-refractivity contribution in [2.45, 2.75) is 25.3 Å². The van der Waals surface area contributed by atoms with Crippen LogP contribution in [0.4, 0.5) is 5.69 Å². The number of halogens is 1. The Balaban J connectivity index is 1.65. The Morgan fingerprint density at radius 3 is 2.75 bits per heavy atom. The van der Waals surface area contributed by atoms with Gasteiger partial charge in [0.2, 0.25) is 0 Å². The van der Waals surface area contributed by atoms with Crippen LogP contribution in [0.5, 0.6) is 0 Å². The smallest absolute Gasteiger partial charge is 0.274 e. The summed E-state index contributed by atoms with van der Waals surface area (Å²) in [5.41, 5.74) is 8.68. The molecule has 1 saturated carbocycles. The molecule has 5 nitrogen and oxygen atoms in total. The summed E-state index contributed by atoms with van der Waals surface area (Å²) in [5.74, 6) is 0.212. The van der Waals surface area contributed by atoms with Gasteiger partial charge in [0, 0.05) is 16.9 Å². The lowest BCUT2D eigenvalue weighted by molar-refractivity contribution is 0.0947. The largest absolute Gasteiger partial charge is 0.395 e. The maximum Gasteiger partial charge on any atom is 0.274 e. The minimum Gasteiger partial charge on any atom is -0.395 e. The fourth-order valence-electron chi connectivity index (χ4n) is 2.09. The number of nitrogen functional groups attached to an aromatic ring is 1. The number of hydrogen-bond acceptors (Lipinski definition) is 3. The standard InChI is InChI=1S/C14H15BrN4O/c15-10-5-1-8(2-6-10)7-17-14(20)13-11(16)12(18-19-13)9-3-4-9/h1-2,5-6,9H,3-4,7,16H2,(H,17,20)(H,18,19). The van der Waals surface area contributed by atoms with Crippen molar-refractivity contribution in [3.63, 3.8) is 0 Å². The van der Waals surface area contributed by atoms with Crippen molar-refractivity contribution in [2.75, 3.05) is 5.73 Å². The molecule has 1 amide bonds. The van der Waals surface area contributed by atoms with Crippen molar-refractivity contribution in [3.8, 4) is 0 Å². The lowest BCUT2D eigenvalue weighted by Crippen LogP contribution is -2.24. The van der Waals surface area contributed by atoms with E-state index in [0.29, 0.717) is 23.8 Å². The molecule has 0 saturated heterocycles. The van der Waals surface area contributed by atoms with Crippen LogP contribution < -0.4 is 11.1 Å². The number of aromatic nitrogens is 2. The number of carbonyl (C=O) groups is 1. The van der Waals surface area contributed by atoms with Gasteiger partial charge in [0.05, 0.1) is 11.4 Å². The van der Waals surface area contributed by atoms with Crippen molar-refractivity contribution in [2.24, 2.45) is 0 Å². The number of anilines is 1. The predicted molar refractivity (Wildman–Crippen MR) is 80.3 cm³/mol. The molecule has 0 atom stereocenters. The van der Waals surface area contributed by atoms with Crippen LogP contribution in [0.25, 0.3) is 0 Å². The number of benzene rings is 1. The number of amides is 1. The van der Waals surface area contributed by atoms with Gasteiger partial charge in [-0.3, -0.25) is 9.89 Å². The molecule has 0 bridgehead atoms. The Bertz CT molecular complexity index is 631. The second-order valence-corrected chi connectivity index (χ2v) is 5.90. The van der Waals surface area contributed by atoms with Gasteiger partial charge in [-0.15, -0.1) is 0 Å². The van der Waals surface area contributed by atoms with Gasteiger partial charge in [0.25, 0.3) is 5.91 Å². The van der Waals surface area contributed by atoms with E-state index in [4.69, 9.17) is 5.73 Å². The van der Waals surface area contributed by atoms with Crippen LogP contribution in [0.1, 0.15) is 40.5 Å². The van der Waals surface area contributed by atoms with Crippen molar-refractivity contribution < 1.29 is 4.79 Å². The summed E-state index contributed by atoms with van der Waals surface area (Å²) >= 11 is 3.38. The van der Waals surface area contributed by atoms with E-state index in [-0.39, 0.29) is 5.91 Å². The van der Waals surface area contributed by atoms with Crippen molar-refractivity contribution >= 4 is 27.5 Å². The Kier molecular flexibility index (Phi) is 3.48. The Hall–Kier alpha value is -1.82. The van der Waals surface area contributed by atoms with Crippen LogP contribution in [0.15, 0.2) is 28.7 Å². The molecular weight excluding hydrogens is 320 g/mol. The first kappa shape index (κ1) is 13.2. The van der Waals surface area contributed by atoms with Crippen LogP contribution in [0.2, 0.25) is 0 Å². The topological polar surface area (TPSA) is 83.8 Å². The fourth-order valence-corrected chi connectivity index (χ4v) is 2.35. The molecule has 1 aliphatic carbocycles. The third-order valence-electron chi connectivity index (χ3n) is 3.40. The average molecular weight is 335 g/mol. The van der Waals surface area contributed by atoms with Gasteiger partial charge >= 0.3 is 0 Å². The number of H-pyrrole nitrogens is 1. The van der Waals surface area contributed by atoms with Crippen molar-refractivity contribution in [1.29, 1.82) is 0 Å². The normalized spacial score (nSPS) is 14.2. The summed E-state index contributed by atoms with van der Waals surface area (Å²) in [7, 11) is 0. The molecule has 0 aliphatic heterocycles. The zero-order valence-electron chi connectivity index (χ0n) is 10.8. The maximum atomic E-state index is 12.1. The van der Waals surface area contributed by atoms with Crippen LogP contribution in [0, 0.1) is 0 Å². The van der Waals surface area contributed by atoms with Gasteiger partial charge < -0.3 is 11.1 Å². The highest BCUT2D eigenvalue weighted by atomic mass is 79.9. The zero-order valence-corrected chi connectivity index (χ0v) is 12.4. The summed E-state index contributed by atoms with van der Waals surface area (Å²) in [5, 5.41) is 9.75. The first-order chi connectivity index (χ1) is 9.65. The number of carbonyl (C=O) groups excluding carboxylic acids is 1. The van der Waals surface area contributed by atoms with E-state index in [1.807, 2.05) is 24.3 Å². The summed E-state index contributed by atoms with van der Waals surface area (Å²) in [4.78, 5) is 12.1. The van der Waals surface area contributed by atoms with Gasteiger partial charge in [-0.2, -0.15) is 5.10 Å². The van der Waals surface area contributed by atoms with E-state index in [1.165, 1.54) is 0 Å². The molecule has 1 heterocycles. The molecule has 3 rings (SSSR count). The van der Waals surface area contributed by atoms with E-state index in [0.717, 1.165) is 28.6 Å². The Morgan fingerprint density at radius 1 is 1.40 bits per heavy atom. The molecule has 20 heavy (non-hydrogen) atoms. The number of rotatable bonds is 4. The second-order valence-electron chi connectivity index (χ2n) is 4.98. The van der Waals surface area contributed by atoms with E-state index in [9.17, 15) is 4.79 Å². The van der Waals surface area contributed by atoms with Gasteiger partial charge in [0.15, 0.2) is 5.69 Å². The third-order valence-corrected chi connectivity index (χ3v) is 3.93. The van der Waals surface area contributed by atoms with E-state index >= 15 is 0 Å². The van der Waals surface area contributed by atoms with Crippen molar-refractivity contribution in [1.82, 2.24) is 15.5 Å². The predicted octanol–water partition coefficient (Wildman–Crippen LogP) is 2.56. The zero-order chi connectivity index (χ0) is 14.1. The maximum absolute atomic E-state index is 12.1. The molecule has 0 unspecified atom stereocenters. The van der Waals surface area contributed by atoms with E-state index in [2.05, 4.69) is 31.4 Å². The molecule has 0 radical (unpaired) electrons.